The van der Waals surface area contributed by atoms with Gasteiger partial charge in [-0.2, -0.15) is 0 Å². The molecule has 0 bridgehead atoms. The van der Waals surface area contributed by atoms with Crippen molar-refractivity contribution in [2.75, 3.05) is 13.2 Å². The zero-order chi connectivity index (χ0) is 13.7. The molecule has 2 aromatic rings. The number of nitrogens with one attached hydrogen (secondary N) is 1. The van der Waals surface area contributed by atoms with Crippen molar-refractivity contribution >= 4 is 10.9 Å². The van der Waals surface area contributed by atoms with E-state index in [9.17, 15) is 0 Å². The second kappa shape index (κ2) is 6.61. The fraction of sp³-hybridized carbons (Fsp3) is 0.400. The summed E-state index contributed by atoms with van der Waals surface area (Å²) in [5.74, 6) is 0. The second-order valence-electron chi connectivity index (χ2n) is 4.79. The molecule has 1 aromatic carbocycles. The highest BCUT2D eigenvalue weighted by Gasteiger charge is 2.15. The van der Waals surface area contributed by atoms with E-state index in [1.165, 1.54) is 0 Å². The lowest BCUT2D eigenvalue weighted by atomic mass is 10.0. The van der Waals surface area contributed by atoms with Gasteiger partial charge in [0.2, 0.25) is 0 Å². The van der Waals surface area contributed by atoms with Crippen LogP contribution in [0.25, 0.3) is 10.9 Å². The Morgan fingerprint density at radius 2 is 2.11 bits per heavy atom. The summed E-state index contributed by atoms with van der Waals surface area (Å²) in [5, 5.41) is 13.6. The normalized spacial score (nSPS) is 14.5. The van der Waals surface area contributed by atoms with Gasteiger partial charge in [-0.05, 0) is 25.0 Å². The number of hydrogen-bond donors (Lipinski definition) is 3. The SMILES string of the molecule is CC(CCO)NC(CN)c1cccc2cccnc12. The Labute approximate surface area is 113 Å². The van der Waals surface area contributed by atoms with E-state index in [4.69, 9.17) is 10.8 Å². The van der Waals surface area contributed by atoms with Crippen molar-refractivity contribution in [3.63, 3.8) is 0 Å². The average Bonchev–Trinajstić information content (AvgIpc) is 2.44. The first-order valence-electron chi connectivity index (χ1n) is 6.67. The molecule has 1 aromatic heterocycles. The third kappa shape index (κ3) is 3.29. The maximum Gasteiger partial charge on any atom is 0.0750 e. The van der Waals surface area contributed by atoms with Gasteiger partial charge in [0, 0.05) is 36.8 Å². The number of nitrogens with zero attached hydrogens (tertiary/aromatic N) is 1. The molecule has 0 spiro atoms. The Bertz CT molecular complexity index is 524. The molecule has 4 nitrogen and oxygen atoms in total. The zero-order valence-corrected chi connectivity index (χ0v) is 11.2. The number of rotatable bonds is 6. The van der Waals surface area contributed by atoms with Crippen molar-refractivity contribution in [1.29, 1.82) is 0 Å². The van der Waals surface area contributed by atoms with Crippen molar-refractivity contribution < 1.29 is 5.11 Å². The highest BCUT2D eigenvalue weighted by atomic mass is 16.3. The van der Waals surface area contributed by atoms with Gasteiger partial charge >= 0.3 is 0 Å². The van der Waals surface area contributed by atoms with E-state index >= 15 is 0 Å². The molecule has 0 aliphatic heterocycles. The lowest BCUT2D eigenvalue weighted by Crippen LogP contribution is -2.35. The van der Waals surface area contributed by atoms with Crippen molar-refractivity contribution in [3.8, 4) is 0 Å². The standard InChI is InChI=1S/C15H21N3O/c1-11(7-9-19)18-14(10-16)13-6-2-4-12-5-3-8-17-15(12)13/h2-6,8,11,14,18-19H,7,9-10,16H2,1H3. The van der Waals surface area contributed by atoms with Crippen LogP contribution < -0.4 is 11.1 Å². The first-order chi connectivity index (χ1) is 9.26. The minimum absolute atomic E-state index is 0.0557. The van der Waals surface area contributed by atoms with Crippen LogP contribution in [-0.4, -0.2) is 29.3 Å². The molecule has 2 rings (SSSR count). The van der Waals surface area contributed by atoms with Crippen molar-refractivity contribution in [2.45, 2.75) is 25.4 Å². The fourth-order valence-corrected chi connectivity index (χ4v) is 2.31. The van der Waals surface area contributed by atoms with Gasteiger partial charge in [-0.15, -0.1) is 0 Å². The maximum atomic E-state index is 8.98. The van der Waals surface area contributed by atoms with Gasteiger partial charge in [0.05, 0.1) is 5.52 Å². The number of nitrogens with two attached hydrogens (primary N) is 1. The van der Waals surface area contributed by atoms with Gasteiger partial charge in [0.15, 0.2) is 0 Å². The van der Waals surface area contributed by atoms with Crippen molar-refractivity contribution in [2.24, 2.45) is 5.73 Å². The number of hydrogen-bond acceptors (Lipinski definition) is 4. The largest absolute Gasteiger partial charge is 0.396 e. The summed E-state index contributed by atoms with van der Waals surface area (Å²) in [7, 11) is 0. The number of para-hydroxylation sites is 1. The quantitative estimate of drug-likeness (QED) is 0.737. The molecule has 0 radical (unpaired) electrons. The third-order valence-electron chi connectivity index (χ3n) is 3.32. The van der Waals surface area contributed by atoms with Gasteiger partial charge in [-0.1, -0.05) is 24.3 Å². The monoisotopic (exact) mass is 259 g/mol. The number of benzene rings is 1. The predicted molar refractivity (Wildman–Crippen MR) is 77.8 cm³/mol. The number of aliphatic hydroxyl groups excluding tert-OH is 1. The molecular weight excluding hydrogens is 238 g/mol. The lowest BCUT2D eigenvalue weighted by Gasteiger charge is -2.23. The highest BCUT2D eigenvalue weighted by Crippen LogP contribution is 2.22. The average molecular weight is 259 g/mol. The number of aromatic nitrogens is 1. The Balaban J connectivity index is 2.30. The van der Waals surface area contributed by atoms with Crippen LogP contribution in [0.2, 0.25) is 0 Å². The number of aliphatic hydroxyl groups is 1. The highest BCUT2D eigenvalue weighted by molar-refractivity contribution is 5.82. The Morgan fingerprint density at radius 1 is 1.32 bits per heavy atom. The molecule has 0 fully saturated rings. The maximum absolute atomic E-state index is 8.98. The minimum Gasteiger partial charge on any atom is -0.396 e. The fourth-order valence-electron chi connectivity index (χ4n) is 2.31. The van der Waals surface area contributed by atoms with E-state index < -0.39 is 0 Å². The van der Waals surface area contributed by atoms with Crippen LogP contribution in [0, 0.1) is 0 Å². The molecule has 0 amide bonds. The van der Waals surface area contributed by atoms with Crippen LogP contribution in [-0.2, 0) is 0 Å². The molecule has 102 valence electrons. The van der Waals surface area contributed by atoms with Crippen LogP contribution >= 0.6 is 0 Å². The number of fused-ring (bicyclic) bond motifs is 1. The van der Waals surface area contributed by atoms with Crippen LogP contribution in [0.5, 0.6) is 0 Å². The van der Waals surface area contributed by atoms with Crippen molar-refractivity contribution in [3.05, 3.63) is 42.1 Å². The van der Waals surface area contributed by atoms with Gasteiger partial charge in [-0.25, -0.2) is 0 Å². The van der Waals surface area contributed by atoms with Gasteiger partial charge in [-0.3, -0.25) is 4.98 Å². The van der Waals surface area contributed by atoms with Crippen molar-refractivity contribution in [1.82, 2.24) is 10.3 Å². The van der Waals surface area contributed by atoms with Crippen LogP contribution in [0.4, 0.5) is 0 Å². The lowest BCUT2D eigenvalue weighted by molar-refractivity contribution is 0.263. The number of pyridine rings is 1. The van der Waals surface area contributed by atoms with Gasteiger partial charge in [0.1, 0.15) is 0 Å². The molecule has 0 saturated heterocycles. The van der Waals surface area contributed by atoms with Crippen LogP contribution in [0.3, 0.4) is 0 Å². The van der Waals surface area contributed by atoms with E-state index in [1.807, 2.05) is 12.1 Å². The van der Waals surface area contributed by atoms with E-state index in [0.29, 0.717) is 13.0 Å². The molecular formula is C15H21N3O. The Morgan fingerprint density at radius 3 is 2.84 bits per heavy atom. The van der Waals surface area contributed by atoms with Crippen LogP contribution in [0.15, 0.2) is 36.5 Å². The molecule has 0 aliphatic carbocycles. The molecule has 0 saturated carbocycles. The summed E-state index contributed by atoms with van der Waals surface area (Å²) in [6, 6.07) is 10.4. The Hall–Kier alpha value is -1.49. The van der Waals surface area contributed by atoms with Gasteiger partial charge in [0.25, 0.3) is 0 Å². The molecule has 19 heavy (non-hydrogen) atoms. The Kier molecular flexibility index (Phi) is 4.85. The first-order valence-corrected chi connectivity index (χ1v) is 6.67. The minimum atomic E-state index is 0.0557. The molecule has 0 aliphatic rings. The topological polar surface area (TPSA) is 71.2 Å². The molecule has 4 heteroatoms. The summed E-state index contributed by atoms with van der Waals surface area (Å²) in [4.78, 5) is 4.46. The predicted octanol–water partition coefficient (Wildman–Crippen LogP) is 1.60. The van der Waals surface area contributed by atoms with E-state index in [2.05, 4.69) is 35.4 Å². The molecule has 4 N–H and O–H groups in total. The summed E-state index contributed by atoms with van der Waals surface area (Å²) in [6.07, 6.45) is 2.52. The third-order valence-corrected chi connectivity index (χ3v) is 3.32. The summed E-state index contributed by atoms with van der Waals surface area (Å²) >= 11 is 0. The second-order valence-corrected chi connectivity index (χ2v) is 4.79. The smallest absolute Gasteiger partial charge is 0.0750 e. The summed E-state index contributed by atoms with van der Waals surface area (Å²) < 4.78 is 0. The molecule has 1 heterocycles. The zero-order valence-electron chi connectivity index (χ0n) is 11.2. The van der Waals surface area contributed by atoms with E-state index in [-0.39, 0.29) is 18.7 Å². The summed E-state index contributed by atoms with van der Waals surface area (Å²) in [6.45, 7) is 2.74. The summed E-state index contributed by atoms with van der Waals surface area (Å²) in [5.41, 5.74) is 7.99. The van der Waals surface area contributed by atoms with E-state index in [1.54, 1.807) is 6.20 Å². The van der Waals surface area contributed by atoms with E-state index in [0.717, 1.165) is 16.5 Å². The molecule has 2 unspecified atom stereocenters. The molecule has 2 atom stereocenters. The van der Waals surface area contributed by atoms with Gasteiger partial charge < -0.3 is 16.2 Å². The van der Waals surface area contributed by atoms with Crippen LogP contribution in [0.1, 0.15) is 24.9 Å². The first kappa shape index (κ1) is 13.9.